The monoisotopic (exact) mass is 462 g/mol. The molecule has 0 aliphatic rings. The Kier molecular flexibility index (Phi) is 5.01. The lowest BCUT2D eigenvalue weighted by Crippen LogP contribution is -2.18. The molecule has 5 aromatic rings. The fourth-order valence-corrected chi connectivity index (χ4v) is 4.36. The van der Waals surface area contributed by atoms with Crippen LogP contribution in [-0.4, -0.2) is 20.5 Å². The van der Waals surface area contributed by atoms with Crippen molar-refractivity contribution in [3.05, 3.63) is 112 Å². The number of hydrogen-bond acceptors (Lipinski definition) is 2. The molecule has 0 radical (unpaired) electrons. The second-order valence-electron chi connectivity index (χ2n) is 7.94. The van der Waals surface area contributed by atoms with E-state index in [-0.39, 0.29) is 23.3 Å². The van der Waals surface area contributed by atoms with Crippen LogP contribution in [0.5, 0.6) is 0 Å². The molecule has 0 aliphatic heterocycles. The first-order valence-corrected chi connectivity index (χ1v) is 10.4. The van der Waals surface area contributed by atoms with Crippen LogP contribution in [0.15, 0.2) is 83.8 Å². The van der Waals surface area contributed by atoms with E-state index >= 15 is 0 Å². The summed E-state index contributed by atoms with van der Waals surface area (Å²) >= 11 is 0. The molecule has 0 aliphatic carbocycles. The van der Waals surface area contributed by atoms with Crippen molar-refractivity contribution in [2.24, 2.45) is 0 Å². The first-order chi connectivity index (χ1) is 16.2. The minimum Gasteiger partial charge on any atom is -0.477 e. The average Bonchev–Trinajstić information content (AvgIpc) is 3.25. The number of pyridine rings is 1. The molecule has 0 fully saturated rings. The van der Waals surface area contributed by atoms with Gasteiger partial charge < -0.3 is 10.1 Å². The van der Waals surface area contributed by atoms with Crippen molar-refractivity contribution >= 4 is 22.4 Å². The maximum atomic E-state index is 13.5. The largest absolute Gasteiger partial charge is 0.477 e. The molecule has 2 aromatic heterocycles. The first-order valence-electron chi connectivity index (χ1n) is 10.4. The number of rotatable bonds is 4. The Morgan fingerprint density at radius 1 is 0.941 bits per heavy atom. The second kappa shape index (κ2) is 7.91. The van der Waals surface area contributed by atoms with E-state index in [4.69, 9.17) is 0 Å². The SMILES string of the molecule is O=C(O)c1c[nH]c2c(-c3cccc(C(F)(F)F)c3)c(Cc3cccc4ccccc34)cc(=O)n12. The van der Waals surface area contributed by atoms with E-state index < -0.39 is 23.3 Å². The highest BCUT2D eigenvalue weighted by molar-refractivity contribution is 5.90. The third-order valence-electron chi connectivity index (χ3n) is 5.84. The molecule has 0 bridgehead atoms. The molecule has 0 atom stereocenters. The lowest BCUT2D eigenvalue weighted by Gasteiger charge is -2.15. The van der Waals surface area contributed by atoms with Gasteiger partial charge in [0.15, 0.2) is 5.69 Å². The Morgan fingerprint density at radius 3 is 2.44 bits per heavy atom. The topological polar surface area (TPSA) is 74.6 Å². The van der Waals surface area contributed by atoms with Crippen molar-refractivity contribution in [2.75, 3.05) is 0 Å². The number of carboxylic acids is 1. The summed E-state index contributed by atoms with van der Waals surface area (Å²) in [4.78, 5) is 27.4. The van der Waals surface area contributed by atoms with E-state index in [0.29, 0.717) is 11.1 Å². The van der Waals surface area contributed by atoms with E-state index in [1.807, 2.05) is 42.5 Å². The average molecular weight is 462 g/mol. The molecule has 2 N–H and O–H groups in total. The van der Waals surface area contributed by atoms with Crippen LogP contribution >= 0.6 is 0 Å². The molecule has 0 saturated heterocycles. The fraction of sp³-hybridized carbons (Fsp3) is 0.0769. The number of H-pyrrole nitrogens is 1. The van der Waals surface area contributed by atoms with Crippen LogP contribution in [0.3, 0.4) is 0 Å². The molecular formula is C26H17F3N2O3. The number of fused-ring (bicyclic) bond motifs is 2. The molecular weight excluding hydrogens is 445 g/mol. The van der Waals surface area contributed by atoms with Gasteiger partial charge in [0.2, 0.25) is 0 Å². The van der Waals surface area contributed by atoms with E-state index in [9.17, 15) is 27.9 Å². The third kappa shape index (κ3) is 3.63. The minimum absolute atomic E-state index is 0.125. The van der Waals surface area contributed by atoms with E-state index in [1.165, 1.54) is 18.2 Å². The lowest BCUT2D eigenvalue weighted by molar-refractivity contribution is -0.137. The Morgan fingerprint density at radius 2 is 1.68 bits per heavy atom. The summed E-state index contributed by atoms with van der Waals surface area (Å²) < 4.78 is 41.3. The van der Waals surface area contributed by atoms with Crippen molar-refractivity contribution in [1.82, 2.24) is 9.38 Å². The summed E-state index contributed by atoms with van der Waals surface area (Å²) in [5, 5.41) is 11.5. The van der Waals surface area contributed by atoms with Crippen molar-refractivity contribution in [2.45, 2.75) is 12.6 Å². The summed E-state index contributed by atoms with van der Waals surface area (Å²) in [6.45, 7) is 0. The zero-order chi connectivity index (χ0) is 24.0. The van der Waals surface area contributed by atoms with Gasteiger partial charge in [0, 0.05) is 17.8 Å². The Bertz CT molecular complexity index is 1630. The van der Waals surface area contributed by atoms with Crippen LogP contribution in [0, 0.1) is 0 Å². The molecule has 5 rings (SSSR count). The van der Waals surface area contributed by atoms with Crippen LogP contribution in [-0.2, 0) is 12.6 Å². The van der Waals surface area contributed by atoms with E-state index in [2.05, 4.69) is 4.98 Å². The number of halogens is 3. The molecule has 0 unspecified atom stereocenters. The number of aromatic nitrogens is 2. The van der Waals surface area contributed by atoms with Gasteiger partial charge in [0.05, 0.1) is 5.56 Å². The number of benzene rings is 3. The third-order valence-corrected chi connectivity index (χ3v) is 5.84. The summed E-state index contributed by atoms with van der Waals surface area (Å²) in [5.41, 5.74) is 0.339. The van der Waals surface area contributed by atoms with Crippen LogP contribution in [0.1, 0.15) is 27.2 Å². The number of aromatic amines is 1. The number of nitrogens with zero attached hydrogens (tertiary/aromatic N) is 1. The maximum Gasteiger partial charge on any atom is 0.416 e. The standard InChI is InChI=1S/C26H17F3N2O3/c27-26(28,29)19-9-4-8-17(12-19)23-18(11-16-7-3-6-15-5-1-2-10-20(15)16)13-22(32)31-21(25(33)34)14-30-24(23)31/h1-10,12-14,30H,11H2,(H,33,34). The van der Waals surface area contributed by atoms with Crippen LogP contribution in [0.25, 0.3) is 27.5 Å². The maximum absolute atomic E-state index is 13.5. The molecule has 0 spiro atoms. The number of alkyl halides is 3. The quantitative estimate of drug-likeness (QED) is 0.357. The number of carboxylic acid groups (broad SMARTS) is 1. The Hall–Kier alpha value is -4.33. The van der Waals surface area contributed by atoms with Gasteiger partial charge in [-0.3, -0.25) is 9.20 Å². The predicted molar refractivity (Wildman–Crippen MR) is 122 cm³/mol. The van der Waals surface area contributed by atoms with Gasteiger partial charge in [-0.1, -0.05) is 54.6 Å². The van der Waals surface area contributed by atoms with E-state index in [1.54, 1.807) is 0 Å². The predicted octanol–water partition coefficient (Wildman–Crippen LogP) is 5.76. The number of aromatic carboxylic acids is 1. The van der Waals surface area contributed by atoms with Crippen molar-refractivity contribution in [3.63, 3.8) is 0 Å². The minimum atomic E-state index is -4.56. The molecule has 3 aromatic carbocycles. The van der Waals surface area contributed by atoms with Crippen molar-refractivity contribution in [3.8, 4) is 11.1 Å². The number of carbonyl (C=O) groups is 1. The Labute approximate surface area is 190 Å². The second-order valence-corrected chi connectivity index (χ2v) is 7.94. The zero-order valence-electron chi connectivity index (χ0n) is 17.6. The molecule has 34 heavy (non-hydrogen) atoms. The summed E-state index contributed by atoms with van der Waals surface area (Å²) in [6, 6.07) is 19.5. The first kappa shape index (κ1) is 21.5. The number of hydrogen-bond donors (Lipinski definition) is 2. The zero-order valence-corrected chi connectivity index (χ0v) is 17.6. The number of imidazole rings is 1. The summed E-state index contributed by atoms with van der Waals surface area (Å²) in [6.07, 6.45) is -3.13. The normalized spacial score (nSPS) is 11.9. The van der Waals surface area contributed by atoms with Gasteiger partial charge >= 0.3 is 12.1 Å². The lowest BCUT2D eigenvalue weighted by atomic mass is 9.93. The molecule has 0 saturated carbocycles. The van der Waals surface area contributed by atoms with Crippen molar-refractivity contribution in [1.29, 1.82) is 0 Å². The van der Waals surface area contributed by atoms with Crippen molar-refractivity contribution < 1.29 is 23.1 Å². The summed E-state index contributed by atoms with van der Waals surface area (Å²) in [7, 11) is 0. The van der Waals surface area contributed by atoms with Gasteiger partial charge in [-0.05, 0) is 46.0 Å². The highest BCUT2D eigenvalue weighted by Crippen LogP contribution is 2.35. The summed E-state index contributed by atoms with van der Waals surface area (Å²) in [5.74, 6) is -1.33. The molecule has 8 heteroatoms. The van der Waals surface area contributed by atoms with Crippen LogP contribution in [0.2, 0.25) is 0 Å². The van der Waals surface area contributed by atoms with E-state index in [0.717, 1.165) is 39.1 Å². The van der Waals surface area contributed by atoms with Crippen LogP contribution < -0.4 is 5.56 Å². The van der Waals surface area contributed by atoms with Gasteiger partial charge in [0.1, 0.15) is 5.65 Å². The van der Waals surface area contributed by atoms with Gasteiger partial charge in [0.25, 0.3) is 5.56 Å². The number of nitrogens with one attached hydrogen (secondary N) is 1. The Balaban J connectivity index is 1.80. The molecule has 2 heterocycles. The molecule has 0 amide bonds. The fourth-order valence-electron chi connectivity index (χ4n) is 4.36. The highest BCUT2D eigenvalue weighted by atomic mass is 19.4. The molecule has 170 valence electrons. The van der Waals surface area contributed by atoms with Gasteiger partial charge in [-0.15, -0.1) is 0 Å². The van der Waals surface area contributed by atoms with Crippen LogP contribution in [0.4, 0.5) is 13.2 Å². The van der Waals surface area contributed by atoms with Gasteiger partial charge in [-0.2, -0.15) is 13.2 Å². The smallest absolute Gasteiger partial charge is 0.416 e. The molecule has 5 nitrogen and oxygen atoms in total. The van der Waals surface area contributed by atoms with Gasteiger partial charge in [-0.25, -0.2) is 4.79 Å². The highest BCUT2D eigenvalue weighted by Gasteiger charge is 2.31.